The van der Waals surface area contributed by atoms with Crippen LogP contribution in [0.4, 0.5) is 0 Å². The van der Waals surface area contributed by atoms with Gasteiger partial charge in [0.1, 0.15) is 0 Å². The second-order valence-electron chi connectivity index (χ2n) is 7.52. The molecule has 2 unspecified atom stereocenters. The fraction of sp³-hybridized carbons (Fsp3) is 0.909. The zero-order chi connectivity index (χ0) is 19.6. The first-order valence-electron chi connectivity index (χ1n) is 10.8. The average molecular weight is 371 g/mol. The smallest absolute Gasteiger partial charge is 0.308 e. The van der Waals surface area contributed by atoms with E-state index in [4.69, 9.17) is 9.47 Å². The van der Waals surface area contributed by atoms with Gasteiger partial charge in [0, 0.05) is 6.42 Å². The van der Waals surface area contributed by atoms with E-state index in [1.54, 1.807) is 0 Å². The molecule has 0 saturated heterocycles. The summed E-state index contributed by atoms with van der Waals surface area (Å²) in [5.41, 5.74) is 0. The topological polar surface area (TPSA) is 52.6 Å². The second kappa shape index (κ2) is 17.4. The Balaban J connectivity index is 3.53. The van der Waals surface area contributed by atoms with Gasteiger partial charge < -0.3 is 9.47 Å². The summed E-state index contributed by atoms with van der Waals surface area (Å²) in [6.07, 6.45) is 12.4. The summed E-state index contributed by atoms with van der Waals surface area (Å²) in [5.74, 6) is 0.274. The number of carbonyl (C=O) groups is 2. The first kappa shape index (κ1) is 24.9. The molecule has 0 amide bonds. The molecular weight excluding hydrogens is 328 g/mol. The van der Waals surface area contributed by atoms with Crippen molar-refractivity contribution in [2.24, 2.45) is 11.8 Å². The van der Waals surface area contributed by atoms with Crippen LogP contribution in [0.2, 0.25) is 0 Å². The second-order valence-corrected chi connectivity index (χ2v) is 7.52. The lowest BCUT2D eigenvalue weighted by molar-refractivity contribution is -0.150. The summed E-state index contributed by atoms with van der Waals surface area (Å²) >= 11 is 0. The van der Waals surface area contributed by atoms with Gasteiger partial charge in [-0.1, -0.05) is 72.6 Å². The fourth-order valence-corrected chi connectivity index (χ4v) is 2.78. The van der Waals surface area contributed by atoms with Crippen LogP contribution >= 0.6 is 0 Å². The molecule has 0 N–H and O–H groups in total. The highest BCUT2D eigenvalue weighted by Crippen LogP contribution is 2.20. The van der Waals surface area contributed by atoms with Crippen molar-refractivity contribution in [1.29, 1.82) is 0 Å². The summed E-state index contributed by atoms with van der Waals surface area (Å²) in [4.78, 5) is 23.4. The van der Waals surface area contributed by atoms with Crippen molar-refractivity contribution >= 4 is 11.9 Å². The standard InChI is InChI=1S/C22H42O4/c1-5-7-17-25-21(23)16-14-12-10-9-11-13-15-19(3)20(4)22(24)26-18-8-6-2/h19-20H,5-18H2,1-4H3. The van der Waals surface area contributed by atoms with Crippen molar-refractivity contribution in [1.82, 2.24) is 0 Å². The van der Waals surface area contributed by atoms with Crippen molar-refractivity contribution in [2.45, 2.75) is 105 Å². The molecular formula is C22H42O4. The number of unbranched alkanes of at least 4 members (excludes halogenated alkanes) is 7. The monoisotopic (exact) mass is 370 g/mol. The van der Waals surface area contributed by atoms with Crippen molar-refractivity contribution in [3.8, 4) is 0 Å². The summed E-state index contributed by atoms with van der Waals surface area (Å²) in [6, 6.07) is 0. The number of esters is 2. The predicted molar refractivity (Wildman–Crippen MR) is 107 cm³/mol. The molecule has 0 spiro atoms. The summed E-state index contributed by atoms with van der Waals surface area (Å²) in [5, 5.41) is 0. The first-order chi connectivity index (χ1) is 12.5. The van der Waals surface area contributed by atoms with Crippen molar-refractivity contribution in [3.05, 3.63) is 0 Å². The normalized spacial score (nSPS) is 13.2. The van der Waals surface area contributed by atoms with Gasteiger partial charge in [0.15, 0.2) is 0 Å². The van der Waals surface area contributed by atoms with Crippen molar-refractivity contribution < 1.29 is 19.1 Å². The highest BCUT2D eigenvalue weighted by molar-refractivity contribution is 5.72. The molecule has 154 valence electrons. The van der Waals surface area contributed by atoms with E-state index in [1.165, 1.54) is 19.3 Å². The molecule has 0 aliphatic rings. The van der Waals surface area contributed by atoms with E-state index in [9.17, 15) is 9.59 Å². The summed E-state index contributed by atoms with van der Waals surface area (Å²) < 4.78 is 10.5. The molecule has 4 heteroatoms. The minimum absolute atomic E-state index is 0.00873. The molecule has 2 atom stereocenters. The third-order valence-electron chi connectivity index (χ3n) is 5.02. The Labute approximate surface area is 161 Å². The van der Waals surface area contributed by atoms with Gasteiger partial charge in [-0.15, -0.1) is 0 Å². The van der Waals surface area contributed by atoms with E-state index in [1.807, 2.05) is 6.92 Å². The highest BCUT2D eigenvalue weighted by Gasteiger charge is 2.21. The van der Waals surface area contributed by atoms with E-state index in [2.05, 4.69) is 20.8 Å². The van der Waals surface area contributed by atoms with Crippen LogP contribution in [0.5, 0.6) is 0 Å². The van der Waals surface area contributed by atoms with Gasteiger partial charge in [-0.05, 0) is 31.6 Å². The minimum Gasteiger partial charge on any atom is -0.466 e. The Morgan fingerprint density at radius 3 is 1.88 bits per heavy atom. The zero-order valence-electron chi connectivity index (χ0n) is 17.7. The van der Waals surface area contributed by atoms with Crippen LogP contribution in [0.25, 0.3) is 0 Å². The van der Waals surface area contributed by atoms with Crippen LogP contribution in [0.15, 0.2) is 0 Å². The molecule has 0 saturated carbocycles. The Hall–Kier alpha value is -1.06. The van der Waals surface area contributed by atoms with Gasteiger partial charge in [0.05, 0.1) is 19.1 Å². The zero-order valence-corrected chi connectivity index (χ0v) is 17.7. The number of ether oxygens (including phenoxy) is 2. The number of hydrogen-bond donors (Lipinski definition) is 0. The molecule has 4 nitrogen and oxygen atoms in total. The quantitative estimate of drug-likeness (QED) is 0.230. The highest BCUT2D eigenvalue weighted by atomic mass is 16.5. The lowest BCUT2D eigenvalue weighted by atomic mass is 9.90. The first-order valence-corrected chi connectivity index (χ1v) is 10.8. The SMILES string of the molecule is CCCCOC(=O)CCCCCCCCC(C)C(C)C(=O)OCCCC. The lowest BCUT2D eigenvalue weighted by Gasteiger charge is -2.18. The molecule has 0 rings (SSSR count). The molecule has 0 heterocycles. The van der Waals surface area contributed by atoms with Crippen LogP contribution < -0.4 is 0 Å². The maximum Gasteiger partial charge on any atom is 0.308 e. The van der Waals surface area contributed by atoms with Crippen LogP contribution in [0, 0.1) is 11.8 Å². The van der Waals surface area contributed by atoms with Crippen LogP contribution in [0.3, 0.4) is 0 Å². The van der Waals surface area contributed by atoms with Gasteiger partial charge in [-0.3, -0.25) is 9.59 Å². The van der Waals surface area contributed by atoms with Gasteiger partial charge >= 0.3 is 11.9 Å². The molecule has 0 fully saturated rings. The molecule has 0 aromatic carbocycles. The van der Waals surface area contributed by atoms with Crippen molar-refractivity contribution in [2.75, 3.05) is 13.2 Å². The van der Waals surface area contributed by atoms with Crippen LogP contribution in [0.1, 0.15) is 105 Å². The molecule has 0 radical (unpaired) electrons. The summed E-state index contributed by atoms with van der Waals surface area (Å²) in [6.45, 7) is 9.44. The van der Waals surface area contributed by atoms with E-state index in [0.29, 0.717) is 25.6 Å². The fourth-order valence-electron chi connectivity index (χ4n) is 2.78. The number of hydrogen-bond acceptors (Lipinski definition) is 4. The Morgan fingerprint density at radius 1 is 0.731 bits per heavy atom. The largest absolute Gasteiger partial charge is 0.466 e. The maximum atomic E-state index is 11.9. The molecule has 0 aliphatic heterocycles. The number of carbonyl (C=O) groups excluding carboxylic acids is 2. The van der Waals surface area contributed by atoms with E-state index >= 15 is 0 Å². The Bertz CT molecular complexity index is 354. The van der Waals surface area contributed by atoms with Gasteiger partial charge in [0.25, 0.3) is 0 Å². The Kier molecular flexibility index (Phi) is 16.7. The van der Waals surface area contributed by atoms with Gasteiger partial charge in [-0.25, -0.2) is 0 Å². The molecule has 0 aliphatic carbocycles. The molecule has 0 aromatic rings. The van der Waals surface area contributed by atoms with Crippen LogP contribution in [-0.4, -0.2) is 25.2 Å². The molecule has 0 aromatic heterocycles. The third kappa shape index (κ3) is 14.1. The Morgan fingerprint density at radius 2 is 1.27 bits per heavy atom. The maximum absolute atomic E-state index is 11.9. The van der Waals surface area contributed by atoms with Crippen LogP contribution in [-0.2, 0) is 19.1 Å². The van der Waals surface area contributed by atoms with E-state index in [0.717, 1.165) is 51.4 Å². The lowest BCUT2D eigenvalue weighted by Crippen LogP contribution is -2.22. The van der Waals surface area contributed by atoms with E-state index in [-0.39, 0.29) is 17.9 Å². The third-order valence-corrected chi connectivity index (χ3v) is 5.02. The van der Waals surface area contributed by atoms with Crippen molar-refractivity contribution in [3.63, 3.8) is 0 Å². The van der Waals surface area contributed by atoms with E-state index < -0.39 is 0 Å². The summed E-state index contributed by atoms with van der Waals surface area (Å²) in [7, 11) is 0. The average Bonchev–Trinajstić information content (AvgIpc) is 2.63. The minimum atomic E-state index is -0.0490. The van der Waals surface area contributed by atoms with Gasteiger partial charge in [-0.2, -0.15) is 0 Å². The molecule has 0 bridgehead atoms. The number of rotatable bonds is 17. The van der Waals surface area contributed by atoms with Gasteiger partial charge in [0.2, 0.25) is 0 Å². The molecule has 26 heavy (non-hydrogen) atoms. The predicted octanol–water partition coefficient (Wildman–Crippen LogP) is 6.07.